The number of rotatable bonds is 6. The number of anilines is 1. The van der Waals surface area contributed by atoms with E-state index in [9.17, 15) is 9.59 Å². The van der Waals surface area contributed by atoms with Crippen LogP contribution in [-0.4, -0.2) is 24.0 Å². The van der Waals surface area contributed by atoms with Crippen molar-refractivity contribution >= 4 is 17.6 Å². The molecule has 0 aliphatic rings. The minimum Gasteiger partial charge on any atom is -0.465 e. The summed E-state index contributed by atoms with van der Waals surface area (Å²) in [6.07, 6.45) is 0. The van der Waals surface area contributed by atoms with E-state index in [1.807, 2.05) is 0 Å². The Kier molecular flexibility index (Phi) is 6.47. The largest absolute Gasteiger partial charge is 0.465 e. The minimum absolute atomic E-state index is 0.168. The van der Waals surface area contributed by atoms with Gasteiger partial charge in [-0.2, -0.15) is 0 Å². The molecule has 0 radical (unpaired) electrons. The normalized spacial score (nSPS) is 11.3. The fourth-order valence-electron chi connectivity index (χ4n) is 3.41. The Bertz CT molecular complexity index is 815. The van der Waals surface area contributed by atoms with Gasteiger partial charge >= 0.3 is 5.97 Å². The quantitative estimate of drug-likeness (QED) is 0.667. The van der Waals surface area contributed by atoms with Gasteiger partial charge in [-0.25, -0.2) is 4.79 Å². The summed E-state index contributed by atoms with van der Waals surface area (Å²) in [5.74, 6) is 0.298. The van der Waals surface area contributed by atoms with Gasteiger partial charge in [-0.15, -0.1) is 0 Å². The molecule has 0 aliphatic heterocycles. The first-order valence-corrected chi connectivity index (χ1v) is 9.42. The SMILES string of the molecule is COC(=O)c1ccc(NC(=O)c2[nH]c(C(C)C)c(C(C)C)c2C(C)C)cc1. The highest BCUT2D eigenvalue weighted by atomic mass is 16.5. The summed E-state index contributed by atoms with van der Waals surface area (Å²) in [4.78, 5) is 27.9. The van der Waals surface area contributed by atoms with Gasteiger partial charge in [-0.05, 0) is 53.1 Å². The van der Waals surface area contributed by atoms with Gasteiger partial charge in [0.15, 0.2) is 0 Å². The predicted octanol–water partition coefficient (Wildman–Crippen LogP) is 5.42. The number of carbonyl (C=O) groups excluding carboxylic acids is 2. The number of nitrogens with one attached hydrogen (secondary N) is 2. The van der Waals surface area contributed by atoms with E-state index >= 15 is 0 Å². The second-order valence-corrected chi connectivity index (χ2v) is 7.73. The molecule has 5 nitrogen and oxygen atoms in total. The van der Waals surface area contributed by atoms with Crippen LogP contribution in [-0.2, 0) is 4.74 Å². The molecule has 27 heavy (non-hydrogen) atoms. The van der Waals surface area contributed by atoms with Gasteiger partial charge in [0.25, 0.3) is 5.91 Å². The van der Waals surface area contributed by atoms with Gasteiger partial charge < -0.3 is 15.0 Å². The first kappa shape index (κ1) is 20.7. The van der Waals surface area contributed by atoms with Gasteiger partial charge in [-0.3, -0.25) is 4.79 Å². The third-order valence-corrected chi connectivity index (χ3v) is 4.63. The summed E-state index contributed by atoms with van der Waals surface area (Å²) in [7, 11) is 1.34. The van der Waals surface area contributed by atoms with Crippen LogP contribution < -0.4 is 5.32 Å². The zero-order chi connectivity index (χ0) is 20.3. The van der Waals surface area contributed by atoms with E-state index in [-0.39, 0.29) is 11.8 Å². The van der Waals surface area contributed by atoms with Gasteiger partial charge in [0.05, 0.1) is 12.7 Å². The van der Waals surface area contributed by atoms with Gasteiger partial charge in [0.2, 0.25) is 0 Å². The molecule has 0 unspecified atom stereocenters. The maximum atomic E-state index is 13.0. The number of aromatic amines is 1. The molecule has 0 bridgehead atoms. The lowest BCUT2D eigenvalue weighted by molar-refractivity contribution is 0.0600. The maximum absolute atomic E-state index is 13.0. The summed E-state index contributed by atoms with van der Waals surface area (Å²) in [6.45, 7) is 12.8. The molecule has 0 saturated carbocycles. The van der Waals surface area contributed by atoms with Gasteiger partial charge in [0, 0.05) is 11.4 Å². The third-order valence-electron chi connectivity index (χ3n) is 4.63. The molecule has 0 saturated heterocycles. The zero-order valence-electron chi connectivity index (χ0n) is 17.3. The second kappa shape index (κ2) is 8.42. The highest BCUT2D eigenvalue weighted by Gasteiger charge is 2.26. The molecule has 0 spiro atoms. The molecule has 5 heteroatoms. The molecule has 0 aliphatic carbocycles. The van der Waals surface area contributed by atoms with Crippen molar-refractivity contribution in [2.75, 3.05) is 12.4 Å². The smallest absolute Gasteiger partial charge is 0.337 e. The number of H-pyrrole nitrogens is 1. The van der Waals surface area contributed by atoms with Crippen molar-refractivity contribution in [3.63, 3.8) is 0 Å². The van der Waals surface area contributed by atoms with Crippen molar-refractivity contribution in [1.82, 2.24) is 4.98 Å². The molecule has 2 rings (SSSR count). The standard InChI is InChI=1S/C22H30N2O3/c1-12(2)17-18(13(3)4)20(24-19(17)14(5)6)21(25)23-16-10-8-15(9-11-16)22(26)27-7/h8-14,24H,1-7H3,(H,23,25). The van der Waals surface area contributed by atoms with Crippen LogP contribution in [0.3, 0.4) is 0 Å². The van der Waals surface area contributed by atoms with E-state index in [4.69, 9.17) is 4.74 Å². The van der Waals surface area contributed by atoms with Crippen molar-refractivity contribution in [1.29, 1.82) is 0 Å². The number of methoxy groups -OCH3 is 1. The highest BCUT2D eigenvalue weighted by Crippen LogP contribution is 2.36. The van der Waals surface area contributed by atoms with Crippen molar-refractivity contribution in [3.8, 4) is 0 Å². The summed E-state index contributed by atoms with van der Waals surface area (Å²) >= 11 is 0. The summed E-state index contributed by atoms with van der Waals surface area (Å²) in [5.41, 5.74) is 5.15. The topological polar surface area (TPSA) is 71.2 Å². The highest BCUT2D eigenvalue weighted by molar-refractivity contribution is 6.04. The Morgan fingerprint density at radius 3 is 1.89 bits per heavy atom. The fraction of sp³-hybridized carbons (Fsp3) is 0.455. The Morgan fingerprint density at radius 1 is 0.889 bits per heavy atom. The van der Waals surface area contributed by atoms with Crippen molar-refractivity contribution < 1.29 is 14.3 Å². The summed E-state index contributed by atoms with van der Waals surface area (Å²) in [6, 6.07) is 6.68. The Hall–Kier alpha value is -2.56. The Balaban J connectivity index is 2.38. The average molecular weight is 370 g/mol. The van der Waals surface area contributed by atoms with Crippen LogP contribution >= 0.6 is 0 Å². The molecule has 0 fully saturated rings. The van der Waals surface area contributed by atoms with Crippen molar-refractivity contribution in [3.05, 3.63) is 52.3 Å². The molecular formula is C22H30N2O3. The third kappa shape index (κ3) is 4.41. The predicted molar refractivity (Wildman–Crippen MR) is 109 cm³/mol. The first-order chi connectivity index (χ1) is 12.7. The van der Waals surface area contributed by atoms with E-state index in [0.29, 0.717) is 28.8 Å². The van der Waals surface area contributed by atoms with E-state index in [0.717, 1.165) is 11.3 Å². The molecular weight excluding hydrogens is 340 g/mol. The molecule has 1 amide bonds. The molecule has 1 heterocycles. The monoisotopic (exact) mass is 370 g/mol. The van der Waals surface area contributed by atoms with Crippen molar-refractivity contribution in [2.45, 2.75) is 59.3 Å². The lowest BCUT2D eigenvalue weighted by Gasteiger charge is -2.15. The Labute approximate surface area is 161 Å². The molecule has 1 aromatic heterocycles. The number of hydrogen-bond donors (Lipinski definition) is 2. The number of benzene rings is 1. The summed E-state index contributed by atoms with van der Waals surface area (Å²) < 4.78 is 4.70. The van der Waals surface area contributed by atoms with Crippen LogP contribution in [0.25, 0.3) is 0 Å². The fourth-order valence-corrected chi connectivity index (χ4v) is 3.41. The van der Waals surface area contributed by atoms with Gasteiger partial charge in [-0.1, -0.05) is 41.5 Å². The van der Waals surface area contributed by atoms with Crippen LogP contribution in [0.4, 0.5) is 5.69 Å². The van der Waals surface area contributed by atoms with E-state index in [1.165, 1.54) is 12.7 Å². The van der Waals surface area contributed by atoms with Crippen molar-refractivity contribution in [2.24, 2.45) is 0 Å². The molecule has 1 aromatic carbocycles. The maximum Gasteiger partial charge on any atom is 0.337 e. The van der Waals surface area contributed by atoms with Crippen LogP contribution in [0, 0.1) is 0 Å². The number of hydrogen-bond acceptors (Lipinski definition) is 3. The zero-order valence-corrected chi connectivity index (χ0v) is 17.3. The average Bonchev–Trinajstić information content (AvgIpc) is 3.03. The first-order valence-electron chi connectivity index (χ1n) is 9.42. The van der Waals surface area contributed by atoms with E-state index in [2.05, 4.69) is 51.8 Å². The Morgan fingerprint density at radius 2 is 1.44 bits per heavy atom. The number of ether oxygens (including phenoxy) is 1. The number of carbonyl (C=O) groups is 2. The van der Waals surface area contributed by atoms with Crippen LogP contribution in [0.15, 0.2) is 24.3 Å². The van der Waals surface area contributed by atoms with E-state index < -0.39 is 5.97 Å². The minimum atomic E-state index is -0.400. The number of amides is 1. The van der Waals surface area contributed by atoms with Crippen LogP contribution in [0.2, 0.25) is 0 Å². The van der Waals surface area contributed by atoms with Crippen LogP contribution in [0.1, 0.15) is 97.0 Å². The van der Waals surface area contributed by atoms with E-state index in [1.54, 1.807) is 24.3 Å². The number of esters is 1. The number of aromatic nitrogens is 1. The van der Waals surface area contributed by atoms with Gasteiger partial charge in [0.1, 0.15) is 5.69 Å². The lowest BCUT2D eigenvalue weighted by Crippen LogP contribution is -2.15. The molecule has 0 atom stereocenters. The molecule has 146 valence electrons. The molecule has 2 N–H and O–H groups in total. The lowest BCUT2D eigenvalue weighted by atomic mass is 9.88. The van der Waals surface area contributed by atoms with Crippen LogP contribution in [0.5, 0.6) is 0 Å². The molecule has 2 aromatic rings. The second-order valence-electron chi connectivity index (χ2n) is 7.73. The summed E-state index contributed by atoms with van der Waals surface area (Å²) in [5, 5.41) is 2.93.